The Hall–Kier alpha value is -1.24. The number of rotatable bonds is 13. The normalized spacial score (nSPS) is 11.3. The highest BCUT2D eigenvalue weighted by Crippen LogP contribution is 2.14. The number of hydrogen-bond acceptors (Lipinski definition) is 1. The molecule has 0 radical (unpaired) electrons. The van der Waals surface area contributed by atoms with Crippen LogP contribution in [0.2, 0.25) is 0 Å². The van der Waals surface area contributed by atoms with E-state index in [9.17, 15) is 5.11 Å². The van der Waals surface area contributed by atoms with Gasteiger partial charge in [-0.25, -0.2) is 0 Å². The molecule has 0 aliphatic heterocycles. The summed E-state index contributed by atoms with van der Waals surface area (Å²) < 4.78 is 0. The van der Waals surface area contributed by atoms with Crippen molar-refractivity contribution in [3.63, 3.8) is 0 Å². The minimum absolute atomic E-state index is 0.386. The van der Waals surface area contributed by atoms with E-state index in [0.717, 1.165) is 6.42 Å². The summed E-state index contributed by atoms with van der Waals surface area (Å²) in [5, 5.41) is 9.41. The van der Waals surface area contributed by atoms with E-state index in [1.807, 2.05) is 12.1 Å². The molecule has 0 aliphatic carbocycles. The van der Waals surface area contributed by atoms with Gasteiger partial charge in [-0.05, 0) is 56.2 Å². The number of benzene rings is 1. The summed E-state index contributed by atoms with van der Waals surface area (Å²) in [4.78, 5) is 0. The smallest absolute Gasteiger partial charge is 0.115 e. The highest BCUT2D eigenvalue weighted by molar-refractivity contribution is 5.27. The summed E-state index contributed by atoms with van der Waals surface area (Å²) in [6.45, 7) is 2.27. The van der Waals surface area contributed by atoms with Gasteiger partial charge in [0.15, 0.2) is 0 Å². The Bertz CT molecular complexity index is 395. The predicted octanol–water partition coefficient (Wildman–Crippen LogP) is 6.80. The highest BCUT2D eigenvalue weighted by atomic mass is 16.3. The molecule has 0 bridgehead atoms. The van der Waals surface area contributed by atoms with Crippen molar-refractivity contribution in [2.45, 2.75) is 84.0 Å². The number of aromatic hydroxyl groups is 1. The van der Waals surface area contributed by atoms with Crippen LogP contribution in [0.5, 0.6) is 5.75 Å². The summed E-state index contributed by atoms with van der Waals surface area (Å²) in [5.74, 6) is 0.386. The van der Waals surface area contributed by atoms with Gasteiger partial charge in [0.25, 0.3) is 0 Å². The fourth-order valence-electron chi connectivity index (χ4n) is 2.76. The zero-order valence-corrected chi connectivity index (χ0v) is 14.4. The minimum atomic E-state index is 0.386. The third-order valence-electron chi connectivity index (χ3n) is 4.14. The number of aryl methyl sites for hydroxylation is 1. The Morgan fingerprint density at radius 3 is 2.09 bits per heavy atom. The van der Waals surface area contributed by atoms with Crippen LogP contribution in [0.3, 0.4) is 0 Å². The van der Waals surface area contributed by atoms with Crippen LogP contribution in [-0.2, 0) is 6.42 Å². The van der Waals surface area contributed by atoms with Crippen molar-refractivity contribution in [3.05, 3.63) is 42.0 Å². The molecule has 1 aromatic rings. The van der Waals surface area contributed by atoms with Crippen molar-refractivity contribution in [3.8, 4) is 5.75 Å². The van der Waals surface area contributed by atoms with Gasteiger partial charge in [-0.1, -0.05) is 69.7 Å². The Morgan fingerprint density at radius 1 is 0.818 bits per heavy atom. The van der Waals surface area contributed by atoms with Crippen molar-refractivity contribution in [2.75, 3.05) is 0 Å². The molecular weight excluding hydrogens is 268 g/mol. The molecule has 0 unspecified atom stereocenters. The van der Waals surface area contributed by atoms with Crippen LogP contribution < -0.4 is 0 Å². The van der Waals surface area contributed by atoms with Gasteiger partial charge >= 0.3 is 0 Å². The number of unbranched alkanes of at least 4 members (excludes halogenated alkanes) is 9. The lowest BCUT2D eigenvalue weighted by molar-refractivity contribution is 0.474. The van der Waals surface area contributed by atoms with Crippen LogP contribution in [0.15, 0.2) is 36.4 Å². The van der Waals surface area contributed by atoms with Gasteiger partial charge in [0, 0.05) is 0 Å². The molecule has 0 amide bonds. The highest BCUT2D eigenvalue weighted by Gasteiger charge is 1.95. The number of allylic oxidation sites excluding steroid dienone is 2. The van der Waals surface area contributed by atoms with Gasteiger partial charge in [-0.3, -0.25) is 0 Å². The summed E-state index contributed by atoms with van der Waals surface area (Å²) in [5.41, 5.74) is 1.25. The van der Waals surface area contributed by atoms with E-state index in [1.54, 1.807) is 6.07 Å². The second-order valence-corrected chi connectivity index (χ2v) is 6.30. The van der Waals surface area contributed by atoms with Crippen LogP contribution in [0.25, 0.3) is 0 Å². The summed E-state index contributed by atoms with van der Waals surface area (Å²) in [7, 11) is 0. The van der Waals surface area contributed by atoms with E-state index >= 15 is 0 Å². The van der Waals surface area contributed by atoms with E-state index in [0.29, 0.717) is 5.75 Å². The third-order valence-corrected chi connectivity index (χ3v) is 4.14. The maximum atomic E-state index is 9.41. The first-order valence-corrected chi connectivity index (χ1v) is 9.26. The first-order chi connectivity index (χ1) is 10.8. The molecule has 1 N–H and O–H groups in total. The molecule has 1 heteroatoms. The van der Waals surface area contributed by atoms with Crippen molar-refractivity contribution in [1.29, 1.82) is 0 Å². The Labute approximate surface area is 137 Å². The molecule has 0 aliphatic rings. The lowest BCUT2D eigenvalue weighted by Crippen LogP contribution is -1.85. The SMILES string of the molecule is CCCCCCCC=CCCCCCCc1cccc(O)c1. The van der Waals surface area contributed by atoms with Crippen LogP contribution in [0.4, 0.5) is 0 Å². The van der Waals surface area contributed by atoms with Crippen LogP contribution in [0, 0.1) is 0 Å². The average molecular weight is 303 g/mol. The summed E-state index contributed by atoms with van der Waals surface area (Å²) in [6, 6.07) is 7.64. The minimum Gasteiger partial charge on any atom is -0.508 e. The van der Waals surface area contributed by atoms with Gasteiger partial charge in [0.1, 0.15) is 5.75 Å². The summed E-state index contributed by atoms with van der Waals surface area (Å²) in [6.07, 6.45) is 20.4. The van der Waals surface area contributed by atoms with Crippen molar-refractivity contribution in [1.82, 2.24) is 0 Å². The molecule has 22 heavy (non-hydrogen) atoms. The van der Waals surface area contributed by atoms with Crippen LogP contribution >= 0.6 is 0 Å². The molecule has 1 nitrogen and oxygen atoms in total. The first-order valence-electron chi connectivity index (χ1n) is 9.26. The number of phenols is 1. The van der Waals surface area contributed by atoms with E-state index in [1.165, 1.54) is 76.2 Å². The fourth-order valence-corrected chi connectivity index (χ4v) is 2.76. The van der Waals surface area contributed by atoms with E-state index in [4.69, 9.17) is 0 Å². The Balaban J connectivity index is 1.87. The molecule has 0 saturated heterocycles. The molecular formula is C21H34O. The Morgan fingerprint density at radius 2 is 1.45 bits per heavy atom. The zero-order valence-electron chi connectivity index (χ0n) is 14.4. The lowest BCUT2D eigenvalue weighted by Gasteiger charge is -2.02. The molecule has 0 aromatic heterocycles. The van der Waals surface area contributed by atoms with E-state index in [-0.39, 0.29) is 0 Å². The molecule has 0 fully saturated rings. The van der Waals surface area contributed by atoms with Gasteiger partial charge in [0.05, 0.1) is 0 Å². The zero-order chi connectivity index (χ0) is 15.9. The Kier molecular flexibility index (Phi) is 11.5. The van der Waals surface area contributed by atoms with Gasteiger partial charge < -0.3 is 5.11 Å². The molecule has 0 atom stereocenters. The second kappa shape index (κ2) is 13.4. The van der Waals surface area contributed by atoms with Crippen molar-refractivity contribution < 1.29 is 5.11 Å². The maximum Gasteiger partial charge on any atom is 0.115 e. The quantitative estimate of drug-likeness (QED) is 0.314. The number of phenolic OH excluding ortho intramolecular Hbond substituents is 1. The van der Waals surface area contributed by atoms with Crippen LogP contribution in [0.1, 0.15) is 83.1 Å². The topological polar surface area (TPSA) is 20.2 Å². The van der Waals surface area contributed by atoms with Crippen LogP contribution in [-0.4, -0.2) is 5.11 Å². The average Bonchev–Trinajstić information content (AvgIpc) is 2.52. The first kappa shape index (κ1) is 18.8. The number of hydrogen-bond donors (Lipinski definition) is 1. The molecule has 0 heterocycles. The largest absolute Gasteiger partial charge is 0.508 e. The monoisotopic (exact) mass is 302 g/mol. The molecule has 0 saturated carbocycles. The maximum absolute atomic E-state index is 9.41. The molecule has 0 spiro atoms. The second-order valence-electron chi connectivity index (χ2n) is 6.30. The molecule has 1 rings (SSSR count). The van der Waals surface area contributed by atoms with Gasteiger partial charge in [-0.15, -0.1) is 0 Å². The third kappa shape index (κ3) is 10.5. The van der Waals surface area contributed by atoms with Gasteiger partial charge in [-0.2, -0.15) is 0 Å². The predicted molar refractivity (Wildman–Crippen MR) is 97.4 cm³/mol. The van der Waals surface area contributed by atoms with Gasteiger partial charge in [0.2, 0.25) is 0 Å². The van der Waals surface area contributed by atoms with Crippen molar-refractivity contribution >= 4 is 0 Å². The molecule has 124 valence electrons. The van der Waals surface area contributed by atoms with E-state index in [2.05, 4.69) is 25.1 Å². The summed E-state index contributed by atoms with van der Waals surface area (Å²) >= 11 is 0. The molecule has 1 aromatic carbocycles. The standard InChI is InChI=1S/C21H34O/c1-2-3-4-5-6-7-8-9-10-11-12-13-14-16-20-17-15-18-21(22)19-20/h8-9,15,17-19,22H,2-7,10-14,16H2,1H3. The van der Waals surface area contributed by atoms with Crippen molar-refractivity contribution in [2.24, 2.45) is 0 Å². The fraction of sp³-hybridized carbons (Fsp3) is 0.619. The van der Waals surface area contributed by atoms with E-state index < -0.39 is 0 Å². The lowest BCUT2D eigenvalue weighted by atomic mass is 10.0.